The van der Waals surface area contributed by atoms with Crippen LogP contribution in [0.25, 0.3) is 0 Å². The van der Waals surface area contributed by atoms with Crippen LogP contribution in [0.3, 0.4) is 0 Å². The van der Waals surface area contributed by atoms with E-state index in [0.29, 0.717) is 13.0 Å². The minimum Gasteiger partial charge on any atom is -0.458 e. The van der Waals surface area contributed by atoms with Crippen molar-refractivity contribution < 1.29 is 14.3 Å². The van der Waals surface area contributed by atoms with Gasteiger partial charge in [-0.2, -0.15) is 0 Å². The van der Waals surface area contributed by atoms with Crippen molar-refractivity contribution in [2.45, 2.75) is 59.1 Å². The molecule has 0 radical (unpaired) electrons. The zero-order valence-electron chi connectivity index (χ0n) is 11.4. The van der Waals surface area contributed by atoms with Gasteiger partial charge in [-0.3, -0.25) is 4.79 Å². The van der Waals surface area contributed by atoms with E-state index in [2.05, 4.69) is 0 Å². The van der Waals surface area contributed by atoms with E-state index in [0.717, 1.165) is 6.42 Å². The van der Waals surface area contributed by atoms with Crippen LogP contribution in [0.1, 0.15) is 47.5 Å². The summed E-state index contributed by atoms with van der Waals surface area (Å²) >= 11 is 0. The van der Waals surface area contributed by atoms with Gasteiger partial charge in [-0.15, -0.1) is 0 Å². The minimum atomic E-state index is -0.494. The second kappa shape index (κ2) is 5.07. The van der Waals surface area contributed by atoms with Crippen LogP contribution in [0, 0.1) is 5.92 Å². The standard InChI is InChI=1S/C13H23NO3/c1-9(2)11(15)14-8-6-7-10(14)12(16)17-13(3,4)5/h9-10H,6-8H2,1-5H3/t10-/m0/s1. The Kier molecular flexibility index (Phi) is 4.17. The molecule has 0 saturated carbocycles. The van der Waals surface area contributed by atoms with Gasteiger partial charge in [-0.25, -0.2) is 4.79 Å². The van der Waals surface area contributed by atoms with E-state index in [1.165, 1.54) is 0 Å². The van der Waals surface area contributed by atoms with E-state index in [9.17, 15) is 9.59 Å². The zero-order chi connectivity index (χ0) is 13.2. The number of amides is 1. The summed E-state index contributed by atoms with van der Waals surface area (Å²) in [6.45, 7) is 9.90. The highest BCUT2D eigenvalue weighted by Crippen LogP contribution is 2.22. The maximum atomic E-state index is 12.0. The lowest BCUT2D eigenvalue weighted by atomic mass is 10.1. The van der Waals surface area contributed by atoms with Gasteiger partial charge in [0.15, 0.2) is 0 Å². The zero-order valence-corrected chi connectivity index (χ0v) is 11.4. The van der Waals surface area contributed by atoms with E-state index >= 15 is 0 Å². The summed E-state index contributed by atoms with van der Waals surface area (Å²) in [4.78, 5) is 25.6. The van der Waals surface area contributed by atoms with Crippen LogP contribution in [0.4, 0.5) is 0 Å². The van der Waals surface area contributed by atoms with Gasteiger partial charge in [0.05, 0.1) is 0 Å². The molecule has 4 heteroatoms. The Labute approximate surface area is 103 Å². The number of carbonyl (C=O) groups excluding carboxylic acids is 2. The average molecular weight is 241 g/mol. The predicted octanol–water partition coefficient (Wildman–Crippen LogP) is 1.98. The number of esters is 1. The van der Waals surface area contributed by atoms with Gasteiger partial charge < -0.3 is 9.64 Å². The molecule has 0 spiro atoms. The predicted molar refractivity (Wildman–Crippen MR) is 65.4 cm³/mol. The molecule has 0 bridgehead atoms. The number of rotatable bonds is 2. The summed E-state index contributed by atoms with van der Waals surface area (Å²) in [7, 11) is 0. The minimum absolute atomic E-state index is 0.0401. The highest BCUT2D eigenvalue weighted by Gasteiger charge is 2.37. The Bertz CT molecular complexity index is 304. The molecule has 0 aromatic rings. The fourth-order valence-corrected chi connectivity index (χ4v) is 1.98. The van der Waals surface area contributed by atoms with Crippen LogP contribution in [0.15, 0.2) is 0 Å². The Morgan fingerprint density at radius 2 is 1.88 bits per heavy atom. The third kappa shape index (κ3) is 3.72. The molecule has 0 unspecified atom stereocenters. The van der Waals surface area contributed by atoms with Gasteiger partial charge in [-0.05, 0) is 33.6 Å². The van der Waals surface area contributed by atoms with Crippen molar-refractivity contribution in [3.63, 3.8) is 0 Å². The average Bonchev–Trinajstić information content (AvgIpc) is 2.61. The van der Waals surface area contributed by atoms with Crippen molar-refractivity contribution in [2.24, 2.45) is 5.92 Å². The summed E-state index contributed by atoms with van der Waals surface area (Å²) in [6.07, 6.45) is 1.59. The summed E-state index contributed by atoms with van der Waals surface area (Å²) < 4.78 is 5.35. The van der Waals surface area contributed by atoms with Crippen LogP contribution in [0.5, 0.6) is 0 Å². The Morgan fingerprint density at radius 3 is 2.35 bits per heavy atom. The maximum Gasteiger partial charge on any atom is 0.329 e. The lowest BCUT2D eigenvalue weighted by Crippen LogP contribution is -2.45. The second-order valence-electron chi connectivity index (χ2n) is 5.88. The maximum absolute atomic E-state index is 12.0. The van der Waals surface area contributed by atoms with Crippen LogP contribution < -0.4 is 0 Å². The van der Waals surface area contributed by atoms with Crippen molar-refractivity contribution in [3.8, 4) is 0 Å². The SMILES string of the molecule is CC(C)C(=O)N1CCC[C@H]1C(=O)OC(C)(C)C. The van der Waals surface area contributed by atoms with Crippen molar-refractivity contribution in [3.05, 3.63) is 0 Å². The first kappa shape index (κ1) is 14.0. The number of carbonyl (C=O) groups is 2. The van der Waals surface area contributed by atoms with Crippen LogP contribution >= 0.6 is 0 Å². The molecule has 0 aromatic heterocycles. The molecule has 1 rings (SSSR count). The van der Waals surface area contributed by atoms with E-state index < -0.39 is 5.60 Å². The molecular formula is C13H23NO3. The normalized spacial score (nSPS) is 20.8. The molecule has 1 atom stereocenters. The van der Waals surface area contributed by atoms with Gasteiger partial charge in [0.25, 0.3) is 0 Å². The summed E-state index contributed by atoms with van der Waals surface area (Å²) in [5, 5.41) is 0. The molecule has 98 valence electrons. The van der Waals surface area contributed by atoms with Gasteiger partial charge >= 0.3 is 5.97 Å². The molecule has 4 nitrogen and oxygen atoms in total. The van der Waals surface area contributed by atoms with E-state index in [1.807, 2.05) is 34.6 Å². The fourth-order valence-electron chi connectivity index (χ4n) is 1.98. The molecule has 0 N–H and O–H groups in total. The van der Waals surface area contributed by atoms with Gasteiger partial charge in [0.1, 0.15) is 11.6 Å². The highest BCUT2D eigenvalue weighted by atomic mass is 16.6. The van der Waals surface area contributed by atoms with Crippen molar-refractivity contribution in [1.29, 1.82) is 0 Å². The number of ether oxygens (including phenoxy) is 1. The molecule has 1 heterocycles. The van der Waals surface area contributed by atoms with Gasteiger partial charge in [0, 0.05) is 12.5 Å². The van der Waals surface area contributed by atoms with Gasteiger partial charge in [-0.1, -0.05) is 13.8 Å². The molecule has 1 saturated heterocycles. The molecule has 1 aliphatic rings. The molecule has 1 amide bonds. The van der Waals surface area contributed by atoms with E-state index in [4.69, 9.17) is 4.74 Å². The molecule has 0 aliphatic carbocycles. The van der Waals surface area contributed by atoms with Crippen LogP contribution in [0.2, 0.25) is 0 Å². The molecule has 1 aliphatic heterocycles. The summed E-state index contributed by atoms with van der Waals surface area (Å²) in [5.74, 6) is -0.305. The van der Waals surface area contributed by atoms with Crippen LogP contribution in [-0.4, -0.2) is 35.0 Å². The van der Waals surface area contributed by atoms with E-state index in [1.54, 1.807) is 4.90 Å². The number of hydrogen-bond acceptors (Lipinski definition) is 3. The second-order valence-corrected chi connectivity index (χ2v) is 5.88. The van der Waals surface area contributed by atoms with Gasteiger partial charge in [0.2, 0.25) is 5.91 Å². The van der Waals surface area contributed by atoms with Crippen molar-refractivity contribution in [1.82, 2.24) is 4.90 Å². The fraction of sp³-hybridized carbons (Fsp3) is 0.846. The smallest absolute Gasteiger partial charge is 0.329 e. The van der Waals surface area contributed by atoms with E-state index in [-0.39, 0.29) is 23.8 Å². The third-order valence-electron chi connectivity index (χ3n) is 2.71. The monoisotopic (exact) mass is 241 g/mol. The highest BCUT2D eigenvalue weighted by molar-refractivity contribution is 5.86. The lowest BCUT2D eigenvalue weighted by Gasteiger charge is -2.28. The number of nitrogens with zero attached hydrogens (tertiary/aromatic N) is 1. The molecule has 1 fully saturated rings. The first-order valence-electron chi connectivity index (χ1n) is 6.25. The summed E-state index contributed by atoms with van der Waals surface area (Å²) in [6, 6.07) is -0.385. The number of hydrogen-bond donors (Lipinski definition) is 0. The number of likely N-dealkylation sites (tertiary alicyclic amines) is 1. The van der Waals surface area contributed by atoms with Crippen molar-refractivity contribution in [2.75, 3.05) is 6.54 Å². The first-order chi connectivity index (χ1) is 7.72. The molecule has 0 aromatic carbocycles. The topological polar surface area (TPSA) is 46.6 Å². The third-order valence-corrected chi connectivity index (χ3v) is 2.71. The summed E-state index contributed by atoms with van der Waals surface area (Å²) in [5.41, 5.74) is -0.494. The molecule has 17 heavy (non-hydrogen) atoms. The molecular weight excluding hydrogens is 218 g/mol. The largest absolute Gasteiger partial charge is 0.458 e. The quantitative estimate of drug-likeness (QED) is 0.694. The Morgan fingerprint density at radius 1 is 1.29 bits per heavy atom. The Balaban J connectivity index is 2.70. The van der Waals surface area contributed by atoms with Crippen molar-refractivity contribution >= 4 is 11.9 Å². The first-order valence-corrected chi connectivity index (χ1v) is 6.25. The van der Waals surface area contributed by atoms with Crippen LogP contribution in [-0.2, 0) is 14.3 Å². The lowest BCUT2D eigenvalue weighted by molar-refractivity contribution is -0.163. The Hall–Kier alpha value is -1.06.